The lowest BCUT2D eigenvalue weighted by Crippen LogP contribution is -2.24. The van der Waals surface area contributed by atoms with Crippen LogP contribution in [0.5, 0.6) is 0 Å². The summed E-state index contributed by atoms with van der Waals surface area (Å²) in [6, 6.07) is 46.9. The number of aromatic nitrogens is 1. The first-order chi connectivity index (χ1) is 19.8. The zero-order chi connectivity index (χ0) is 26.7. The lowest BCUT2D eigenvalue weighted by atomic mass is 9.86. The number of aliphatic imine (C=N–C) groups is 2. The van der Waals surface area contributed by atoms with E-state index in [1.54, 1.807) is 0 Å². The molecule has 190 valence electrons. The molecule has 0 bridgehead atoms. The van der Waals surface area contributed by atoms with Gasteiger partial charge in [-0.15, -0.1) is 0 Å². The fourth-order valence-electron chi connectivity index (χ4n) is 5.52. The van der Waals surface area contributed by atoms with Gasteiger partial charge in [0, 0.05) is 23.9 Å². The Hall–Kier alpha value is -5.15. The largest absolute Gasteiger partial charge is 0.265 e. The highest BCUT2D eigenvalue weighted by Crippen LogP contribution is 2.32. The molecule has 3 nitrogen and oxygen atoms in total. The molecule has 2 heterocycles. The van der Waals surface area contributed by atoms with Crippen LogP contribution in [0.3, 0.4) is 0 Å². The summed E-state index contributed by atoms with van der Waals surface area (Å²) in [7, 11) is 0. The highest BCUT2D eigenvalue weighted by atomic mass is 15.0. The van der Waals surface area contributed by atoms with Crippen molar-refractivity contribution in [2.45, 2.75) is 5.92 Å². The number of pyridine rings is 1. The summed E-state index contributed by atoms with van der Waals surface area (Å²) in [5, 5.41) is 2.36. The molecule has 1 aliphatic heterocycles. The highest BCUT2D eigenvalue weighted by Gasteiger charge is 2.26. The quantitative estimate of drug-likeness (QED) is 0.227. The molecule has 0 fully saturated rings. The Bertz CT molecular complexity index is 1850. The third kappa shape index (κ3) is 4.63. The van der Waals surface area contributed by atoms with Gasteiger partial charge in [-0.2, -0.15) is 0 Å². The van der Waals surface area contributed by atoms with Crippen LogP contribution in [0.2, 0.25) is 0 Å². The number of hydrogen-bond acceptors (Lipinski definition) is 3. The molecule has 0 amide bonds. The van der Waals surface area contributed by atoms with Crippen LogP contribution in [0.4, 0.5) is 0 Å². The van der Waals surface area contributed by atoms with Crippen molar-refractivity contribution in [2.24, 2.45) is 9.98 Å². The number of nitrogens with zero attached hydrogens (tertiary/aromatic N) is 3. The van der Waals surface area contributed by atoms with Gasteiger partial charge in [0.2, 0.25) is 0 Å². The molecule has 0 spiro atoms. The Morgan fingerprint density at radius 2 is 1.25 bits per heavy atom. The number of hydrogen-bond donors (Lipinski definition) is 0. The molecule has 0 aliphatic carbocycles. The molecular weight excluding hydrogens is 486 g/mol. The molecule has 0 saturated heterocycles. The number of amidine groups is 1. The van der Waals surface area contributed by atoms with Gasteiger partial charge in [-0.1, -0.05) is 127 Å². The maximum atomic E-state index is 5.29. The van der Waals surface area contributed by atoms with Gasteiger partial charge in [0.1, 0.15) is 0 Å². The standard InChI is InChI=1S/C37H27N3/c1-2-9-26(10-3-1)27-18-20-29(21-19-27)36-35(31-14-6-13-30(23-31)32-15-8-22-38-24-32)25-39-37(40-36)34-17-7-12-28-11-4-5-16-33(28)34/h1-24,35H,25H2. The molecule has 1 aromatic heterocycles. The van der Waals surface area contributed by atoms with Gasteiger partial charge in [-0.25, -0.2) is 4.99 Å². The van der Waals surface area contributed by atoms with E-state index in [9.17, 15) is 0 Å². The topological polar surface area (TPSA) is 37.6 Å². The molecule has 0 N–H and O–H groups in total. The predicted molar refractivity (Wildman–Crippen MR) is 166 cm³/mol. The molecule has 7 rings (SSSR count). The summed E-state index contributed by atoms with van der Waals surface area (Å²) in [5.41, 5.74) is 9.08. The van der Waals surface area contributed by atoms with E-state index in [0.717, 1.165) is 33.8 Å². The van der Waals surface area contributed by atoms with Crippen LogP contribution in [0.1, 0.15) is 22.6 Å². The molecule has 0 radical (unpaired) electrons. The Morgan fingerprint density at radius 3 is 2.10 bits per heavy atom. The van der Waals surface area contributed by atoms with E-state index in [2.05, 4.69) is 126 Å². The molecule has 1 unspecified atom stereocenters. The smallest absolute Gasteiger partial charge is 0.155 e. The minimum atomic E-state index is 0.0397. The van der Waals surface area contributed by atoms with Crippen molar-refractivity contribution in [1.82, 2.24) is 4.98 Å². The maximum absolute atomic E-state index is 5.29. The van der Waals surface area contributed by atoms with Crippen LogP contribution in [0, 0.1) is 0 Å². The highest BCUT2D eigenvalue weighted by molar-refractivity contribution is 6.19. The van der Waals surface area contributed by atoms with E-state index in [0.29, 0.717) is 6.54 Å². The van der Waals surface area contributed by atoms with Crippen molar-refractivity contribution in [3.63, 3.8) is 0 Å². The van der Waals surface area contributed by atoms with Gasteiger partial charge in [0.25, 0.3) is 0 Å². The predicted octanol–water partition coefficient (Wildman–Crippen LogP) is 8.60. The second-order valence-electron chi connectivity index (χ2n) is 10.1. The fraction of sp³-hybridized carbons (Fsp3) is 0.0541. The summed E-state index contributed by atoms with van der Waals surface area (Å²) < 4.78 is 0. The zero-order valence-electron chi connectivity index (χ0n) is 22.0. The van der Waals surface area contributed by atoms with E-state index in [-0.39, 0.29) is 5.92 Å². The molecule has 1 aliphatic rings. The van der Waals surface area contributed by atoms with Crippen LogP contribution in [-0.2, 0) is 0 Å². The van der Waals surface area contributed by atoms with Crippen molar-refractivity contribution in [1.29, 1.82) is 0 Å². The van der Waals surface area contributed by atoms with Crippen LogP contribution < -0.4 is 0 Å². The van der Waals surface area contributed by atoms with E-state index in [1.807, 2.05) is 24.5 Å². The van der Waals surface area contributed by atoms with Crippen molar-refractivity contribution in [2.75, 3.05) is 6.54 Å². The molecule has 6 aromatic rings. The fourth-order valence-corrected chi connectivity index (χ4v) is 5.52. The minimum absolute atomic E-state index is 0.0397. The number of benzene rings is 5. The Labute approximate surface area is 234 Å². The second kappa shape index (κ2) is 10.5. The lowest BCUT2D eigenvalue weighted by Gasteiger charge is -2.24. The molecule has 1 atom stereocenters. The summed E-state index contributed by atoms with van der Waals surface area (Å²) >= 11 is 0. The first-order valence-electron chi connectivity index (χ1n) is 13.6. The molecule has 0 saturated carbocycles. The summed E-state index contributed by atoms with van der Waals surface area (Å²) in [5.74, 6) is 0.830. The van der Waals surface area contributed by atoms with E-state index in [4.69, 9.17) is 9.98 Å². The average Bonchev–Trinajstić information content (AvgIpc) is 3.05. The number of fused-ring (bicyclic) bond motifs is 1. The third-order valence-electron chi connectivity index (χ3n) is 7.58. The van der Waals surface area contributed by atoms with Crippen LogP contribution in [0.25, 0.3) is 33.0 Å². The van der Waals surface area contributed by atoms with Gasteiger partial charge in [-0.3, -0.25) is 9.98 Å². The zero-order valence-corrected chi connectivity index (χ0v) is 22.0. The molecule has 5 aromatic carbocycles. The van der Waals surface area contributed by atoms with Crippen LogP contribution in [-0.4, -0.2) is 23.1 Å². The molecule has 3 heteroatoms. The minimum Gasteiger partial charge on any atom is -0.265 e. The lowest BCUT2D eigenvalue weighted by molar-refractivity contribution is 0.874. The normalized spacial score (nSPS) is 14.9. The van der Waals surface area contributed by atoms with Crippen molar-refractivity contribution in [3.05, 3.63) is 163 Å². The SMILES string of the molecule is c1ccc(-c2ccc(C3=NC(c4cccc5ccccc45)=NCC3c3cccc(-c4cccnc4)c3)cc2)cc1. The van der Waals surface area contributed by atoms with Gasteiger partial charge in [0.15, 0.2) is 5.84 Å². The molecule has 40 heavy (non-hydrogen) atoms. The second-order valence-corrected chi connectivity index (χ2v) is 10.1. The van der Waals surface area contributed by atoms with Gasteiger partial charge in [0.05, 0.1) is 12.3 Å². The van der Waals surface area contributed by atoms with E-state index in [1.165, 1.54) is 27.5 Å². The maximum Gasteiger partial charge on any atom is 0.155 e. The Kier molecular flexibility index (Phi) is 6.31. The summed E-state index contributed by atoms with van der Waals surface area (Å²) in [6.45, 7) is 0.633. The van der Waals surface area contributed by atoms with E-state index >= 15 is 0 Å². The van der Waals surface area contributed by atoms with Crippen LogP contribution in [0.15, 0.2) is 156 Å². The Balaban J connectivity index is 1.33. The first-order valence-corrected chi connectivity index (χ1v) is 13.6. The van der Waals surface area contributed by atoms with E-state index < -0.39 is 0 Å². The summed E-state index contributed by atoms with van der Waals surface area (Å²) in [4.78, 5) is 14.7. The third-order valence-corrected chi connectivity index (χ3v) is 7.58. The monoisotopic (exact) mass is 513 g/mol. The van der Waals surface area contributed by atoms with Gasteiger partial charge in [-0.05, 0) is 50.2 Å². The van der Waals surface area contributed by atoms with Crippen LogP contribution >= 0.6 is 0 Å². The van der Waals surface area contributed by atoms with Crippen molar-refractivity contribution >= 4 is 22.3 Å². The summed E-state index contributed by atoms with van der Waals surface area (Å²) in [6.07, 6.45) is 3.72. The number of rotatable bonds is 5. The van der Waals surface area contributed by atoms with Gasteiger partial charge >= 0.3 is 0 Å². The van der Waals surface area contributed by atoms with Crippen molar-refractivity contribution in [3.8, 4) is 22.3 Å². The van der Waals surface area contributed by atoms with Gasteiger partial charge < -0.3 is 0 Å². The van der Waals surface area contributed by atoms with Crippen molar-refractivity contribution < 1.29 is 0 Å². The Morgan fingerprint density at radius 1 is 0.550 bits per heavy atom. The average molecular weight is 514 g/mol. The molecular formula is C37H27N3. The first kappa shape index (κ1) is 23.9.